The SMILES string of the molecule is COc1ccc2c(NC3(C)CCOC3C)ncnc2c1Cl. The molecule has 0 saturated carbocycles. The summed E-state index contributed by atoms with van der Waals surface area (Å²) in [6.45, 7) is 4.96. The van der Waals surface area contributed by atoms with E-state index < -0.39 is 0 Å². The quantitative estimate of drug-likeness (QED) is 0.943. The Kier molecular flexibility index (Phi) is 3.63. The van der Waals surface area contributed by atoms with Crippen LogP contribution in [0.1, 0.15) is 20.3 Å². The second-order valence-corrected chi connectivity index (χ2v) is 5.88. The topological polar surface area (TPSA) is 56.3 Å². The molecule has 112 valence electrons. The summed E-state index contributed by atoms with van der Waals surface area (Å²) in [7, 11) is 1.59. The van der Waals surface area contributed by atoms with Crippen molar-refractivity contribution in [2.45, 2.75) is 31.9 Å². The van der Waals surface area contributed by atoms with Crippen molar-refractivity contribution >= 4 is 28.3 Å². The summed E-state index contributed by atoms with van der Waals surface area (Å²) in [5.74, 6) is 1.38. The number of ether oxygens (including phenoxy) is 2. The van der Waals surface area contributed by atoms with E-state index in [4.69, 9.17) is 21.1 Å². The van der Waals surface area contributed by atoms with E-state index in [9.17, 15) is 0 Å². The summed E-state index contributed by atoms with van der Waals surface area (Å²) < 4.78 is 10.9. The second-order valence-electron chi connectivity index (χ2n) is 5.51. The molecule has 1 aliphatic rings. The third kappa shape index (κ3) is 2.40. The van der Waals surface area contributed by atoms with Crippen LogP contribution in [0.5, 0.6) is 5.75 Å². The van der Waals surface area contributed by atoms with Crippen LogP contribution in [-0.4, -0.2) is 35.3 Å². The first-order valence-electron chi connectivity index (χ1n) is 6.92. The van der Waals surface area contributed by atoms with Crippen molar-refractivity contribution in [1.29, 1.82) is 0 Å². The fraction of sp³-hybridized carbons (Fsp3) is 0.467. The molecule has 0 aliphatic carbocycles. The first-order valence-corrected chi connectivity index (χ1v) is 7.30. The standard InChI is InChI=1S/C15H18ClN3O2/c1-9-15(2,6-7-21-9)19-14-10-4-5-11(20-3)12(16)13(10)17-8-18-14/h4-5,8-9H,6-7H2,1-3H3,(H,17,18,19). The normalized spacial score (nSPS) is 25.2. The molecule has 2 unspecified atom stereocenters. The fourth-order valence-corrected chi connectivity index (χ4v) is 2.89. The predicted molar refractivity (Wildman–Crippen MR) is 83.2 cm³/mol. The van der Waals surface area contributed by atoms with E-state index in [1.165, 1.54) is 6.33 Å². The number of halogens is 1. The number of anilines is 1. The Morgan fingerprint density at radius 1 is 1.43 bits per heavy atom. The molecular weight excluding hydrogens is 290 g/mol. The Morgan fingerprint density at radius 2 is 2.24 bits per heavy atom. The Morgan fingerprint density at radius 3 is 2.90 bits per heavy atom. The van der Waals surface area contributed by atoms with Crippen LogP contribution >= 0.6 is 11.6 Å². The minimum absolute atomic E-state index is 0.122. The van der Waals surface area contributed by atoms with Crippen molar-refractivity contribution in [3.63, 3.8) is 0 Å². The van der Waals surface area contributed by atoms with Crippen molar-refractivity contribution in [2.24, 2.45) is 0 Å². The molecule has 0 radical (unpaired) electrons. The van der Waals surface area contributed by atoms with Gasteiger partial charge < -0.3 is 14.8 Å². The smallest absolute Gasteiger partial charge is 0.139 e. The van der Waals surface area contributed by atoms with Crippen molar-refractivity contribution in [2.75, 3.05) is 19.0 Å². The molecule has 0 amide bonds. The van der Waals surface area contributed by atoms with Crippen LogP contribution in [-0.2, 0) is 4.74 Å². The summed E-state index contributed by atoms with van der Waals surface area (Å²) in [5, 5.41) is 4.88. The maximum absolute atomic E-state index is 6.33. The lowest BCUT2D eigenvalue weighted by molar-refractivity contribution is 0.105. The molecule has 1 aliphatic heterocycles. The predicted octanol–water partition coefficient (Wildman–Crippen LogP) is 3.27. The lowest BCUT2D eigenvalue weighted by Gasteiger charge is -2.30. The van der Waals surface area contributed by atoms with Crippen molar-refractivity contribution < 1.29 is 9.47 Å². The molecule has 1 saturated heterocycles. The van der Waals surface area contributed by atoms with E-state index in [0.717, 1.165) is 24.2 Å². The van der Waals surface area contributed by atoms with Gasteiger partial charge in [0.15, 0.2) is 0 Å². The second kappa shape index (κ2) is 5.31. The van der Waals surface area contributed by atoms with Gasteiger partial charge >= 0.3 is 0 Å². The zero-order valence-corrected chi connectivity index (χ0v) is 13.1. The van der Waals surface area contributed by atoms with Crippen LogP contribution in [0.2, 0.25) is 5.02 Å². The number of nitrogens with zero attached hydrogens (tertiary/aromatic N) is 2. The number of rotatable bonds is 3. The Hall–Kier alpha value is -1.59. The van der Waals surface area contributed by atoms with Crippen LogP contribution in [0.25, 0.3) is 10.9 Å². The van der Waals surface area contributed by atoms with Gasteiger partial charge in [-0.1, -0.05) is 11.6 Å². The molecule has 1 fully saturated rings. The van der Waals surface area contributed by atoms with Gasteiger partial charge in [-0.15, -0.1) is 0 Å². The molecule has 1 aromatic carbocycles. The summed E-state index contributed by atoms with van der Waals surface area (Å²) >= 11 is 6.33. The van der Waals surface area contributed by atoms with Crippen LogP contribution in [0.4, 0.5) is 5.82 Å². The van der Waals surface area contributed by atoms with Gasteiger partial charge in [0.25, 0.3) is 0 Å². The highest BCUT2D eigenvalue weighted by molar-refractivity contribution is 6.36. The number of fused-ring (bicyclic) bond motifs is 1. The van der Waals surface area contributed by atoms with E-state index in [1.807, 2.05) is 12.1 Å². The molecule has 0 spiro atoms. The number of hydrogen-bond donors (Lipinski definition) is 1. The largest absolute Gasteiger partial charge is 0.495 e. The van der Waals surface area contributed by atoms with Crippen LogP contribution < -0.4 is 10.1 Å². The third-order valence-electron chi connectivity index (χ3n) is 4.22. The fourth-order valence-electron chi connectivity index (χ4n) is 2.60. The molecule has 1 N–H and O–H groups in total. The third-order valence-corrected chi connectivity index (χ3v) is 4.59. The molecule has 5 nitrogen and oxygen atoms in total. The molecule has 2 aromatic rings. The van der Waals surface area contributed by atoms with E-state index in [1.54, 1.807) is 7.11 Å². The van der Waals surface area contributed by atoms with Gasteiger partial charge in [0.2, 0.25) is 0 Å². The highest BCUT2D eigenvalue weighted by Gasteiger charge is 2.37. The average Bonchev–Trinajstić information content (AvgIpc) is 2.80. The van der Waals surface area contributed by atoms with E-state index in [2.05, 4.69) is 29.1 Å². The average molecular weight is 308 g/mol. The molecule has 1 aromatic heterocycles. The van der Waals surface area contributed by atoms with E-state index >= 15 is 0 Å². The Labute approximate surface area is 128 Å². The van der Waals surface area contributed by atoms with Crippen molar-refractivity contribution in [3.05, 3.63) is 23.5 Å². The van der Waals surface area contributed by atoms with Gasteiger partial charge in [0.05, 0.1) is 24.3 Å². The monoisotopic (exact) mass is 307 g/mol. The molecule has 3 rings (SSSR count). The number of benzene rings is 1. The summed E-state index contributed by atoms with van der Waals surface area (Å²) in [6, 6.07) is 3.75. The molecular formula is C15H18ClN3O2. The van der Waals surface area contributed by atoms with Crippen molar-refractivity contribution in [1.82, 2.24) is 9.97 Å². The summed E-state index contributed by atoms with van der Waals surface area (Å²) in [6.07, 6.45) is 2.57. The molecule has 2 heterocycles. The zero-order chi connectivity index (χ0) is 15.0. The Bertz CT molecular complexity index is 679. The molecule has 2 atom stereocenters. The van der Waals surface area contributed by atoms with Crippen LogP contribution in [0, 0.1) is 0 Å². The molecule has 21 heavy (non-hydrogen) atoms. The number of aromatic nitrogens is 2. The summed E-state index contributed by atoms with van der Waals surface area (Å²) in [5.41, 5.74) is 0.539. The van der Waals surface area contributed by atoms with E-state index in [0.29, 0.717) is 16.3 Å². The number of hydrogen-bond acceptors (Lipinski definition) is 5. The summed E-state index contributed by atoms with van der Waals surface area (Å²) in [4.78, 5) is 8.64. The zero-order valence-electron chi connectivity index (χ0n) is 12.3. The van der Waals surface area contributed by atoms with E-state index in [-0.39, 0.29) is 11.6 Å². The minimum atomic E-state index is -0.145. The lowest BCUT2D eigenvalue weighted by Crippen LogP contribution is -2.41. The molecule has 6 heteroatoms. The van der Waals surface area contributed by atoms with Gasteiger partial charge in [0.1, 0.15) is 22.9 Å². The first kappa shape index (κ1) is 14.4. The minimum Gasteiger partial charge on any atom is -0.495 e. The maximum atomic E-state index is 6.33. The van der Waals surface area contributed by atoms with Gasteiger partial charge in [0, 0.05) is 12.0 Å². The lowest BCUT2D eigenvalue weighted by atomic mass is 9.94. The van der Waals surface area contributed by atoms with Crippen molar-refractivity contribution in [3.8, 4) is 5.75 Å². The van der Waals surface area contributed by atoms with Gasteiger partial charge in [-0.25, -0.2) is 9.97 Å². The molecule has 0 bridgehead atoms. The highest BCUT2D eigenvalue weighted by Crippen LogP contribution is 2.36. The Balaban J connectivity index is 2.06. The van der Waals surface area contributed by atoms with Gasteiger partial charge in [-0.2, -0.15) is 0 Å². The number of methoxy groups -OCH3 is 1. The number of nitrogens with one attached hydrogen (secondary N) is 1. The van der Waals surface area contributed by atoms with Gasteiger partial charge in [-0.05, 0) is 32.4 Å². The maximum Gasteiger partial charge on any atom is 0.139 e. The van der Waals surface area contributed by atoms with Crippen LogP contribution in [0.3, 0.4) is 0 Å². The van der Waals surface area contributed by atoms with Crippen LogP contribution in [0.15, 0.2) is 18.5 Å². The first-order chi connectivity index (χ1) is 10.0. The van der Waals surface area contributed by atoms with Gasteiger partial charge in [-0.3, -0.25) is 0 Å². The highest BCUT2D eigenvalue weighted by atomic mass is 35.5.